The van der Waals surface area contributed by atoms with Crippen molar-refractivity contribution in [3.63, 3.8) is 0 Å². The Morgan fingerprint density at radius 3 is 2.62 bits per heavy atom. The largest absolute Gasteiger partial charge is 0.423 e. The minimum atomic E-state index is 0.0566. The third-order valence-electron chi connectivity index (χ3n) is 5.01. The van der Waals surface area contributed by atoms with E-state index in [2.05, 4.69) is 46.4 Å². The second-order valence-electron chi connectivity index (χ2n) is 6.93. The summed E-state index contributed by atoms with van der Waals surface area (Å²) < 4.78 is 5.83. The maximum atomic E-state index is 12.5. The van der Waals surface area contributed by atoms with Crippen LogP contribution in [-0.4, -0.2) is 24.0 Å². The zero-order valence-electron chi connectivity index (χ0n) is 14.9. The highest BCUT2D eigenvalue weighted by molar-refractivity contribution is 5.79. The van der Waals surface area contributed by atoms with E-state index in [1.807, 2.05) is 24.3 Å². The molecule has 0 atom stereocenters. The molecule has 0 spiro atoms. The second kappa shape index (κ2) is 7.20. The van der Waals surface area contributed by atoms with E-state index < -0.39 is 0 Å². The number of para-hydroxylation sites is 2. The number of aryl methyl sites for hydroxylation is 1. The van der Waals surface area contributed by atoms with Crippen LogP contribution in [0.2, 0.25) is 0 Å². The smallest absolute Gasteiger partial charge is 0.298 e. The lowest BCUT2D eigenvalue weighted by Gasteiger charge is -2.30. The van der Waals surface area contributed by atoms with E-state index in [0.29, 0.717) is 12.6 Å². The highest BCUT2D eigenvalue weighted by Gasteiger charge is 2.27. The third-order valence-corrected chi connectivity index (χ3v) is 5.01. The number of anilines is 1. The fraction of sp³-hybridized carbons (Fsp3) is 0.333. The van der Waals surface area contributed by atoms with Crippen LogP contribution in [0, 0.1) is 12.8 Å². The first-order chi connectivity index (χ1) is 12.7. The normalized spacial score (nSPS) is 15.3. The SMILES string of the molecule is Cc1ccc(CNC(=O)C2CCN(c3nc4ccccc4o3)CC2)cc1. The van der Waals surface area contributed by atoms with Crippen LogP contribution in [0.15, 0.2) is 52.9 Å². The average molecular weight is 349 g/mol. The topological polar surface area (TPSA) is 58.4 Å². The van der Waals surface area contributed by atoms with Gasteiger partial charge >= 0.3 is 0 Å². The van der Waals surface area contributed by atoms with Crippen molar-refractivity contribution in [2.75, 3.05) is 18.0 Å². The first-order valence-electron chi connectivity index (χ1n) is 9.13. The molecule has 0 unspecified atom stereocenters. The number of carbonyl (C=O) groups excluding carboxylic acids is 1. The van der Waals surface area contributed by atoms with Gasteiger partial charge in [0.2, 0.25) is 5.91 Å². The van der Waals surface area contributed by atoms with E-state index in [9.17, 15) is 4.79 Å². The van der Waals surface area contributed by atoms with Crippen LogP contribution in [0.3, 0.4) is 0 Å². The van der Waals surface area contributed by atoms with Crippen molar-refractivity contribution < 1.29 is 9.21 Å². The molecule has 2 aromatic carbocycles. The number of fused-ring (bicyclic) bond motifs is 1. The molecule has 0 saturated carbocycles. The molecule has 1 amide bonds. The number of hydrogen-bond donors (Lipinski definition) is 1. The van der Waals surface area contributed by atoms with E-state index in [0.717, 1.165) is 42.6 Å². The summed E-state index contributed by atoms with van der Waals surface area (Å²) in [4.78, 5) is 19.1. The van der Waals surface area contributed by atoms with Gasteiger partial charge < -0.3 is 14.6 Å². The monoisotopic (exact) mass is 349 g/mol. The van der Waals surface area contributed by atoms with Gasteiger partial charge in [0.25, 0.3) is 6.01 Å². The van der Waals surface area contributed by atoms with Crippen LogP contribution < -0.4 is 10.2 Å². The molecule has 1 saturated heterocycles. The van der Waals surface area contributed by atoms with Crippen molar-refractivity contribution in [1.82, 2.24) is 10.3 Å². The molecule has 0 bridgehead atoms. The van der Waals surface area contributed by atoms with Crippen molar-refractivity contribution in [2.24, 2.45) is 5.92 Å². The van der Waals surface area contributed by atoms with Crippen molar-refractivity contribution >= 4 is 23.0 Å². The Balaban J connectivity index is 1.31. The molecule has 3 aromatic rings. The number of carbonyl (C=O) groups is 1. The predicted octanol–water partition coefficient (Wildman–Crippen LogP) is 3.67. The summed E-state index contributed by atoms with van der Waals surface area (Å²) in [7, 11) is 0. The first kappa shape index (κ1) is 16.6. The zero-order valence-corrected chi connectivity index (χ0v) is 14.9. The number of rotatable bonds is 4. The quantitative estimate of drug-likeness (QED) is 0.781. The molecule has 0 aliphatic carbocycles. The number of nitrogens with zero attached hydrogens (tertiary/aromatic N) is 2. The molecule has 1 aliphatic rings. The van der Waals surface area contributed by atoms with Crippen LogP contribution in [0.25, 0.3) is 11.1 Å². The molecule has 5 nitrogen and oxygen atoms in total. The van der Waals surface area contributed by atoms with Crippen LogP contribution in [-0.2, 0) is 11.3 Å². The lowest BCUT2D eigenvalue weighted by Crippen LogP contribution is -2.40. The van der Waals surface area contributed by atoms with Crippen LogP contribution in [0.5, 0.6) is 0 Å². The minimum Gasteiger partial charge on any atom is -0.423 e. The Hall–Kier alpha value is -2.82. The lowest BCUT2D eigenvalue weighted by atomic mass is 9.96. The Morgan fingerprint density at radius 1 is 1.15 bits per heavy atom. The lowest BCUT2D eigenvalue weighted by molar-refractivity contribution is -0.125. The average Bonchev–Trinajstić information content (AvgIpc) is 3.12. The van der Waals surface area contributed by atoms with E-state index in [1.165, 1.54) is 5.56 Å². The standard InChI is InChI=1S/C21H23N3O2/c1-15-6-8-16(9-7-15)14-22-20(25)17-10-12-24(13-11-17)21-23-18-4-2-3-5-19(18)26-21/h2-9,17H,10-14H2,1H3,(H,22,25). The van der Waals surface area contributed by atoms with Crippen LogP contribution >= 0.6 is 0 Å². The van der Waals surface area contributed by atoms with Gasteiger partial charge in [-0.15, -0.1) is 0 Å². The fourth-order valence-corrected chi connectivity index (χ4v) is 3.37. The summed E-state index contributed by atoms with van der Waals surface area (Å²) in [5, 5.41) is 3.07. The number of hydrogen-bond acceptors (Lipinski definition) is 4. The molecule has 1 fully saturated rings. The van der Waals surface area contributed by atoms with Gasteiger partial charge in [-0.25, -0.2) is 0 Å². The van der Waals surface area contributed by atoms with Crippen LogP contribution in [0.4, 0.5) is 6.01 Å². The Bertz CT molecular complexity index is 860. The molecule has 2 heterocycles. The van der Waals surface area contributed by atoms with Crippen molar-refractivity contribution in [1.29, 1.82) is 0 Å². The summed E-state index contributed by atoms with van der Waals surface area (Å²) >= 11 is 0. The third kappa shape index (κ3) is 3.57. The molecule has 1 aromatic heterocycles. The molecular weight excluding hydrogens is 326 g/mol. The Morgan fingerprint density at radius 2 is 1.88 bits per heavy atom. The number of piperidine rings is 1. The molecule has 134 valence electrons. The molecule has 4 rings (SSSR count). The van der Waals surface area contributed by atoms with Gasteiger partial charge in [-0.05, 0) is 37.5 Å². The van der Waals surface area contributed by atoms with E-state index in [1.54, 1.807) is 0 Å². The zero-order chi connectivity index (χ0) is 17.9. The van der Waals surface area contributed by atoms with Gasteiger partial charge in [0, 0.05) is 25.6 Å². The molecule has 5 heteroatoms. The summed E-state index contributed by atoms with van der Waals surface area (Å²) in [6, 6.07) is 16.7. The molecule has 0 radical (unpaired) electrons. The molecule has 26 heavy (non-hydrogen) atoms. The highest BCUT2D eigenvalue weighted by Crippen LogP contribution is 2.26. The van der Waals surface area contributed by atoms with Crippen molar-refractivity contribution in [3.8, 4) is 0 Å². The fourth-order valence-electron chi connectivity index (χ4n) is 3.37. The number of nitrogens with one attached hydrogen (secondary N) is 1. The maximum absolute atomic E-state index is 12.5. The van der Waals surface area contributed by atoms with Crippen molar-refractivity contribution in [3.05, 3.63) is 59.7 Å². The number of oxazole rings is 1. The van der Waals surface area contributed by atoms with Gasteiger partial charge in [-0.2, -0.15) is 4.98 Å². The Labute approximate surface area is 153 Å². The molecule has 1 N–H and O–H groups in total. The van der Waals surface area contributed by atoms with Gasteiger partial charge in [-0.1, -0.05) is 42.0 Å². The highest BCUT2D eigenvalue weighted by atomic mass is 16.4. The van der Waals surface area contributed by atoms with Crippen LogP contribution in [0.1, 0.15) is 24.0 Å². The van der Waals surface area contributed by atoms with E-state index in [4.69, 9.17) is 4.42 Å². The molecular formula is C21H23N3O2. The van der Waals surface area contributed by atoms with Gasteiger partial charge in [-0.3, -0.25) is 4.79 Å². The number of amides is 1. The van der Waals surface area contributed by atoms with E-state index in [-0.39, 0.29) is 11.8 Å². The van der Waals surface area contributed by atoms with Gasteiger partial charge in [0.05, 0.1) is 0 Å². The van der Waals surface area contributed by atoms with Crippen molar-refractivity contribution in [2.45, 2.75) is 26.3 Å². The molecule has 1 aliphatic heterocycles. The van der Waals surface area contributed by atoms with Gasteiger partial charge in [0.1, 0.15) is 5.52 Å². The summed E-state index contributed by atoms with van der Waals surface area (Å²) in [5.74, 6) is 0.198. The first-order valence-corrected chi connectivity index (χ1v) is 9.13. The second-order valence-corrected chi connectivity index (χ2v) is 6.93. The van der Waals surface area contributed by atoms with Gasteiger partial charge in [0.15, 0.2) is 5.58 Å². The minimum absolute atomic E-state index is 0.0566. The van der Waals surface area contributed by atoms with E-state index >= 15 is 0 Å². The number of aromatic nitrogens is 1. The maximum Gasteiger partial charge on any atom is 0.298 e. The summed E-state index contributed by atoms with van der Waals surface area (Å²) in [6.45, 7) is 4.22. The number of benzene rings is 2. The summed E-state index contributed by atoms with van der Waals surface area (Å²) in [6.07, 6.45) is 1.64. The summed E-state index contributed by atoms with van der Waals surface area (Å²) in [5.41, 5.74) is 4.04. The predicted molar refractivity (Wildman–Crippen MR) is 102 cm³/mol. The Kier molecular flexibility index (Phi) is 4.61.